The third-order valence-electron chi connectivity index (χ3n) is 1.40. The molecule has 0 unspecified atom stereocenters. The lowest BCUT2D eigenvalue weighted by Crippen LogP contribution is -2.15. The number of nitrogens with zero attached hydrogens (tertiary/aromatic N) is 1. The Labute approximate surface area is 69.6 Å². The topological polar surface area (TPSA) is 81.0 Å². The second-order valence-electron chi connectivity index (χ2n) is 2.29. The Kier molecular flexibility index (Phi) is 2.82. The first kappa shape index (κ1) is 8.73. The minimum atomic E-state index is -0.405. The van der Waals surface area contributed by atoms with Crippen molar-refractivity contribution in [3.63, 3.8) is 0 Å². The van der Waals surface area contributed by atoms with E-state index in [1.54, 1.807) is 6.07 Å². The molecule has 0 radical (unpaired) electrons. The molecule has 0 aliphatic heterocycles. The van der Waals surface area contributed by atoms with E-state index < -0.39 is 5.69 Å². The molecule has 5 nitrogen and oxygen atoms in total. The Hall–Kier alpha value is -1.36. The Bertz CT molecular complexity index is 308. The van der Waals surface area contributed by atoms with Gasteiger partial charge < -0.3 is 15.5 Å². The molecule has 0 aliphatic rings. The van der Waals surface area contributed by atoms with Gasteiger partial charge in [-0.05, 0) is 6.54 Å². The van der Waals surface area contributed by atoms with E-state index in [0.717, 1.165) is 5.69 Å². The molecule has 0 saturated carbocycles. The molecule has 1 aromatic heterocycles. The van der Waals surface area contributed by atoms with E-state index in [1.807, 2.05) is 0 Å². The normalized spacial score (nSPS) is 9.83. The van der Waals surface area contributed by atoms with Crippen LogP contribution < -0.4 is 16.2 Å². The Morgan fingerprint density at radius 2 is 2.50 bits per heavy atom. The lowest BCUT2D eigenvalue weighted by atomic mass is 10.3. The molecule has 0 fully saturated rings. The molecule has 0 bridgehead atoms. The molecule has 0 amide bonds. The molecular weight excluding hydrogens is 158 g/mol. The van der Waals surface area contributed by atoms with Crippen molar-refractivity contribution in [2.45, 2.75) is 6.42 Å². The number of hydrogen-bond donors (Lipinski definition) is 2. The number of ether oxygens (including phenoxy) is 1. The molecule has 0 spiro atoms. The molecule has 1 heterocycles. The van der Waals surface area contributed by atoms with Gasteiger partial charge in [-0.15, -0.1) is 0 Å². The van der Waals surface area contributed by atoms with Crippen molar-refractivity contribution in [2.75, 3.05) is 13.7 Å². The highest BCUT2D eigenvalue weighted by Gasteiger charge is 1.98. The number of nitrogens with one attached hydrogen (secondary N) is 1. The molecule has 0 atom stereocenters. The average Bonchev–Trinajstić information content (AvgIpc) is 2.04. The molecule has 5 heteroatoms. The van der Waals surface area contributed by atoms with Gasteiger partial charge in [-0.1, -0.05) is 0 Å². The smallest absolute Gasteiger partial charge is 0.348 e. The molecule has 0 aromatic carbocycles. The fourth-order valence-corrected chi connectivity index (χ4v) is 0.878. The van der Waals surface area contributed by atoms with Crippen LogP contribution in [0.25, 0.3) is 0 Å². The van der Waals surface area contributed by atoms with Gasteiger partial charge in [0.05, 0.1) is 7.11 Å². The van der Waals surface area contributed by atoms with Crippen LogP contribution in [-0.4, -0.2) is 23.6 Å². The maximum Gasteiger partial charge on any atom is 0.348 e. The number of aromatic amines is 1. The molecule has 1 rings (SSSR count). The van der Waals surface area contributed by atoms with Crippen molar-refractivity contribution >= 4 is 0 Å². The van der Waals surface area contributed by atoms with Crippen LogP contribution in [0.2, 0.25) is 0 Å². The van der Waals surface area contributed by atoms with Gasteiger partial charge >= 0.3 is 5.69 Å². The quantitative estimate of drug-likeness (QED) is 0.625. The minimum Gasteiger partial charge on any atom is -0.481 e. The fourth-order valence-electron chi connectivity index (χ4n) is 0.878. The van der Waals surface area contributed by atoms with Gasteiger partial charge in [0.15, 0.2) is 0 Å². The maximum atomic E-state index is 10.9. The highest BCUT2D eigenvalue weighted by molar-refractivity contribution is 5.13. The van der Waals surface area contributed by atoms with Crippen molar-refractivity contribution in [1.82, 2.24) is 9.97 Å². The minimum absolute atomic E-state index is 0.321. The zero-order chi connectivity index (χ0) is 8.97. The standard InChI is InChI=1S/C7H11N3O2/c1-12-6-4-5(2-3-8)9-7(11)10-6/h4H,2-3,8H2,1H3,(H,9,10,11). The predicted octanol–water partition coefficient (Wildman–Crippen LogP) is -0.720. The summed E-state index contributed by atoms with van der Waals surface area (Å²) < 4.78 is 4.81. The number of nitrogens with two attached hydrogens (primary N) is 1. The first-order valence-corrected chi connectivity index (χ1v) is 3.60. The maximum absolute atomic E-state index is 10.9. The van der Waals surface area contributed by atoms with Crippen molar-refractivity contribution < 1.29 is 4.74 Å². The second-order valence-corrected chi connectivity index (χ2v) is 2.29. The number of H-pyrrole nitrogens is 1. The van der Waals surface area contributed by atoms with Crippen LogP contribution in [0.5, 0.6) is 5.88 Å². The zero-order valence-electron chi connectivity index (χ0n) is 6.83. The molecule has 0 aliphatic carbocycles. The van der Waals surface area contributed by atoms with Crippen LogP contribution in [0.4, 0.5) is 0 Å². The summed E-state index contributed by atoms with van der Waals surface area (Å²) in [4.78, 5) is 17.0. The van der Waals surface area contributed by atoms with Gasteiger partial charge in [0.25, 0.3) is 0 Å². The largest absolute Gasteiger partial charge is 0.481 e. The summed E-state index contributed by atoms with van der Waals surface area (Å²) in [6.07, 6.45) is 0.619. The SMILES string of the molecule is COc1cc(CCN)[nH]c(=O)n1. The Balaban J connectivity index is 2.98. The van der Waals surface area contributed by atoms with Crippen molar-refractivity contribution in [1.29, 1.82) is 0 Å². The summed E-state index contributed by atoms with van der Waals surface area (Å²) in [5.41, 5.74) is 5.66. The van der Waals surface area contributed by atoms with E-state index in [1.165, 1.54) is 7.11 Å². The predicted molar refractivity (Wildman–Crippen MR) is 44.2 cm³/mol. The van der Waals surface area contributed by atoms with Gasteiger partial charge in [0.2, 0.25) is 5.88 Å². The lowest BCUT2D eigenvalue weighted by Gasteiger charge is -2.00. The lowest BCUT2D eigenvalue weighted by molar-refractivity contribution is 0.394. The van der Waals surface area contributed by atoms with E-state index in [9.17, 15) is 4.79 Å². The van der Waals surface area contributed by atoms with Crippen LogP contribution in [-0.2, 0) is 6.42 Å². The summed E-state index contributed by atoms with van der Waals surface area (Å²) in [6, 6.07) is 1.66. The molecule has 66 valence electrons. The third kappa shape index (κ3) is 2.06. The first-order valence-electron chi connectivity index (χ1n) is 3.60. The molecule has 12 heavy (non-hydrogen) atoms. The molecule has 0 saturated heterocycles. The van der Waals surface area contributed by atoms with Gasteiger partial charge in [0, 0.05) is 18.2 Å². The monoisotopic (exact) mass is 169 g/mol. The number of methoxy groups -OCH3 is 1. The Morgan fingerprint density at radius 3 is 3.08 bits per heavy atom. The third-order valence-corrected chi connectivity index (χ3v) is 1.40. The summed E-state index contributed by atoms with van der Waals surface area (Å²) in [7, 11) is 1.47. The number of aromatic nitrogens is 2. The van der Waals surface area contributed by atoms with Gasteiger partial charge in [0.1, 0.15) is 0 Å². The van der Waals surface area contributed by atoms with Crippen LogP contribution in [0.15, 0.2) is 10.9 Å². The Morgan fingerprint density at radius 1 is 1.75 bits per heavy atom. The molecule has 1 aromatic rings. The van der Waals surface area contributed by atoms with E-state index in [0.29, 0.717) is 18.8 Å². The van der Waals surface area contributed by atoms with E-state index in [-0.39, 0.29) is 0 Å². The zero-order valence-corrected chi connectivity index (χ0v) is 6.83. The summed E-state index contributed by atoms with van der Waals surface area (Å²) >= 11 is 0. The van der Waals surface area contributed by atoms with Crippen LogP contribution in [0.1, 0.15) is 5.69 Å². The first-order chi connectivity index (χ1) is 5.76. The average molecular weight is 169 g/mol. The van der Waals surface area contributed by atoms with E-state index in [4.69, 9.17) is 10.5 Å². The summed E-state index contributed by atoms with van der Waals surface area (Å²) in [6.45, 7) is 0.489. The highest BCUT2D eigenvalue weighted by Crippen LogP contribution is 2.02. The van der Waals surface area contributed by atoms with Crippen molar-refractivity contribution in [2.24, 2.45) is 5.73 Å². The number of rotatable bonds is 3. The van der Waals surface area contributed by atoms with Crippen LogP contribution in [0.3, 0.4) is 0 Å². The van der Waals surface area contributed by atoms with E-state index in [2.05, 4.69) is 9.97 Å². The second kappa shape index (κ2) is 3.87. The summed E-state index contributed by atoms with van der Waals surface area (Å²) in [5.74, 6) is 0.321. The fraction of sp³-hybridized carbons (Fsp3) is 0.429. The van der Waals surface area contributed by atoms with Crippen LogP contribution >= 0.6 is 0 Å². The van der Waals surface area contributed by atoms with Gasteiger partial charge in [-0.2, -0.15) is 4.98 Å². The van der Waals surface area contributed by atoms with E-state index >= 15 is 0 Å². The highest BCUT2D eigenvalue weighted by atomic mass is 16.5. The molecular formula is C7H11N3O2. The van der Waals surface area contributed by atoms with Crippen molar-refractivity contribution in [3.8, 4) is 5.88 Å². The summed E-state index contributed by atoms with van der Waals surface area (Å²) in [5, 5.41) is 0. The molecule has 3 N–H and O–H groups in total. The van der Waals surface area contributed by atoms with Gasteiger partial charge in [-0.3, -0.25) is 0 Å². The van der Waals surface area contributed by atoms with Gasteiger partial charge in [-0.25, -0.2) is 4.79 Å². The van der Waals surface area contributed by atoms with Crippen molar-refractivity contribution in [3.05, 3.63) is 22.2 Å². The van der Waals surface area contributed by atoms with Crippen LogP contribution in [0, 0.1) is 0 Å². The number of hydrogen-bond acceptors (Lipinski definition) is 4.